The molecule has 1 aliphatic carbocycles. The van der Waals surface area contributed by atoms with Gasteiger partial charge in [-0.25, -0.2) is 0 Å². The molecule has 6 heteroatoms. The zero-order valence-corrected chi connectivity index (χ0v) is 19.1. The first-order valence-electron chi connectivity index (χ1n) is 11.8. The van der Waals surface area contributed by atoms with Gasteiger partial charge in [-0.05, 0) is 44.4 Å². The number of methoxy groups -OCH3 is 1. The lowest BCUT2D eigenvalue weighted by atomic mass is 9.92. The lowest BCUT2D eigenvalue weighted by molar-refractivity contribution is -0.133. The molecule has 168 valence electrons. The number of aromatic nitrogens is 1. The smallest absolute Gasteiger partial charge is 0.271 e. The Labute approximate surface area is 184 Å². The first kappa shape index (κ1) is 21.7. The van der Waals surface area contributed by atoms with Gasteiger partial charge in [-0.1, -0.05) is 39.0 Å². The highest BCUT2D eigenvalue weighted by Gasteiger charge is 2.47. The van der Waals surface area contributed by atoms with Gasteiger partial charge in [0, 0.05) is 24.0 Å². The Hall–Kier alpha value is -2.50. The third-order valence-electron chi connectivity index (χ3n) is 7.01. The van der Waals surface area contributed by atoms with Crippen LogP contribution < -0.4 is 10.1 Å². The Morgan fingerprint density at radius 3 is 2.55 bits per heavy atom. The van der Waals surface area contributed by atoms with Gasteiger partial charge in [-0.15, -0.1) is 0 Å². The standard InChI is InChI=1S/C25H35N3O3/c1-4-14-28-23(29)22-15-18-12-13-20(31-3)16-21(18)27(22)17-25(28,2)24(30)26-19-10-8-6-5-7-9-11-19/h12-13,15-16,19H,4-11,14,17H2,1-3H3,(H,26,30)/t25-/m1/s1. The van der Waals surface area contributed by atoms with Crippen LogP contribution in [0, 0.1) is 0 Å². The zero-order valence-electron chi connectivity index (χ0n) is 19.1. The second kappa shape index (κ2) is 8.93. The molecule has 0 unspecified atom stereocenters. The minimum atomic E-state index is -0.919. The maximum absolute atomic E-state index is 13.7. The molecule has 0 bridgehead atoms. The van der Waals surface area contributed by atoms with E-state index < -0.39 is 5.54 Å². The Morgan fingerprint density at radius 1 is 1.16 bits per heavy atom. The minimum Gasteiger partial charge on any atom is -0.497 e. The summed E-state index contributed by atoms with van der Waals surface area (Å²) in [5, 5.41) is 4.32. The van der Waals surface area contributed by atoms with Crippen molar-refractivity contribution in [3.63, 3.8) is 0 Å². The minimum absolute atomic E-state index is 0.0322. The monoisotopic (exact) mass is 425 g/mol. The van der Waals surface area contributed by atoms with Gasteiger partial charge in [0.2, 0.25) is 5.91 Å². The first-order valence-corrected chi connectivity index (χ1v) is 11.8. The van der Waals surface area contributed by atoms with E-state index in [-0.39, 0.29) is 17.9 Å². The van der Waals surface area contributed by atoms with Crippen LogP contribution in [0.15, 0.2) is 24.3 Å². The molecule has 2 amide bonds. The second-order valence-electron chi connectivity index (χ2n) is 9.29. The number of nitrogens with one attached hydrogen (secondary N) is 1. The summed E-state index contributed by atoms with van der Waals surface area (Å²) < 4.78 is 7.41. The molecule has 1 N–H and O–H groups in total. The van der Waals surface area contributed by atoms with Crippen LogP contribution in [0.5, 0.6) is 5.75 Å². The summed E-state index contributed by atoms with van der Waals surface area (Å²) in [5.41, 5.74) is 0.661. The van der Waals surface area contributed by atoms with Crippen molar-refractivity contribution in [3.8, 4) is 5.75 Å². The van der Waals surface area contributed by atoms with Crippen LogP contribution in [0.3, 0.4) is 0 Å². The third-order valence-corrected chi connectivity index (χ3v) is 7.01. The summed E-state index contributed by atoms with van der Waals surface area (Å²) in [7, 11) is 1.64. The number of nitrogens with zero attached hydrogens (tertiary/aromatic N) is 2. The fourth-order valence-corrected chi connectivity index (χ4v) is 5.17. The van der Waals surface area contributed by atoms with E-state index >= 15 is 0 Å². The molecule has 1 aromatic heterocycles. The number of hydrogen-bond acceptors (Lipinski definition) is 3. The summed E-state index contributed by atoms with van der Waals surface area (Å²) >= 11 is 0. The molecule has 1 aromatic carbocycles. The summed E-state index contributed by atoms with van der Waals surface area (Å²) in [6.07, 6.45) is 8.96. The summed E-state index contributed by atoms with van der Waals surface area (Å²) in [5.74, 6) is 0.645. The van der Waals surface area contributed by atoms with Gasteiger partial charge in [-0.3, -0.25) is 9.59 Å². The predicted molar refractivity (Wildman–Crippen MR) is 122 cm³/mol. The third kappa shape index (κ3) is 4.04. The topological polar surface area (TPSA) is 63.6 Å². The van der Waals surface area contributed by atoms with E-state index in [0.717, 1.165) is 48.8 Å². The highest BCUT2D eigenvalue weighted by molar-refractivity contribution is 6.03. The first-order chi connectivity index (χ1) is 15.0. The Bertz CT molecular complexity index is 958. The van der Waals surface area contributed by atoms with Gasteiger partial charge in [-0.2, -0.15) is 0 Å². The van der Waals surface area contributed by atoms with Gasteiger partial charge >= 0.3 is 0 Å². The van der Waals surface area contributed by atoms with E-state index in [0.29, 0.717) is 18.8 Å². The Morgan fingerprint density at radius 2 is 1.87 bits per heavy atom. The highest BCUT2D eigenvalue weighted by atomic mass is 16.5. The van der Waals surface area contributed by atoms with Crippen molar-refractivity contribution in [1.29, 1.82) is 0 Å². The fraction of sp³-hybridized carbons (Fsp3) is 0.600. The molecular weight excluding hydrogens is 390 g/mol. The van der Waals surface area contributed by atoms with Crippen LogP contribution in [0.25, 0.3) is 10.9 Å². The SMILES string of the molecule is CCCN1C(=O)c2cc3ccc(OC)cc3n2C[C@]1(C)C(=O)NC1CCCCCCC1. The molecule has 0 radical (unpaired) electrons. The van der Waals surface area contributed by atoms with Crippen molar-refractivity contribution in [2.75, 3.05) is 13.7 Å². The van der Waals surface area contributed by atoms with Crippen LogP contribution in [-0.2, 0) is 11.3 Å². The molecule has 2 heterocycles. The molecular formula is C25H35N3O3. The van der Waals surface area contributed by atoms with Crippen molar-refractivity contribution in [2.45, 2.75) is 83.3 Å². The van der Waals surface area contributed by atoms with Crippen molar-refractivity contribution >= 4 is 22.7 Å². The van der Waals surface area contributed by atoms with Crippen LogP contribution in [0.1, 0.15) is 75.7 Å². The molecule has 4 rings (SSSR count). The molecule has 2 aliphatic rings. The Kier molecular flexibility index (Phi) is 6.26. The lowest BCUT2D eigenvalue weighted by Crippen LogP contribution is -2.65. The summed E-state index contributed by atoms with van der Waals surface area (Å²) in [6.45, 7) is 4.99. The number of benzene rings is 1. The van der Waals surface area contributed by atoms with Crippen molar-refractivity contribution in [2.24, 2.45) is 0 Å². The van der Waals surface area contributed by atoms with Crippen LogP contribution in [0.2, 0.25) is 0 Å². The zero-order chi connectivity index (χ0) is 22.0. The van der Waals surface area contributed by atoms with E-state index in [2.05, 4.69) is 12.2 Å². The molecule has 6 nitrogen and oxygen atoms in total. The average molecular weight is 426 g/mol. The molecule has 0 spiro atoms. The van der Waals surface area contributed by atoms with Gasteiger partial charge in [0.15, 0.2) is 0 Å². The van der Waals surface area contributed by atoms with Crippen LogP contribution in [0.4, 0.5) is 0 Å². The van der Waals surface area contributed by atoms with E-state index in [1.165, 1.54) is 19.3 Å². The highest BCUT2D eigenvalue weighted by Crippen LogP contribution is 2.34. The van der Waals surface area contributed by atoms with E-state index in [1.54, 1.807) is 12.0 Å². The fourth-order valence-electron chi connectivity index (χ4n) is 5.17. The molecule has 2 aromatic rings. The lowest BCUT2D eigenvalue weighted by Gasteiger charge is -2.44. The van der Waals surface area contributed by atoms with E-state index in [9.17, 15) is 9.59 Å². The molecule has 1 fully saturated rings. The molecule has 0 saturated heterocycles. The summed E-state index contributed by atoms with van der Waals surface area (Å²) in [6, 6.07) is 7.97. The normalized spacial score (nSPS) is 22.7. The number of carbonyl (C=O) groups is 2. The summed E-state index contributed by atoms with van der Waals surface area (Å²) in [4.78, 5) is 29.0. The number of ether oxygens (including phenoxy) is 1. The molecule has 1 atom stereocenters. The largest absolute Gasteiger partial charge is 0.497 e. The maximum atomic E-state index is 13.7. The Balaban J connectivity index is 1.68. The van der Waals surface area contributed by atoms with Crippen LogP contribution in [-0.4, -0.2) is 46.5 Å². The second-order valence-corrected chi connectivity index (χ2v) is 9.29. The maximum Gasteiger partial charge on any atom is 0.271 e. The van der Waals surface area contributed by atoms with E-state index in [1.807, 2.05) is 35.8 Å². The average Bonchev–Trinajstić information content (AvgIpc) is 3.10. The van der Waals surface area contributed by atoms with Gasteiger partial charge in [0.25, 0.3) is 5.91 Å². The van der Waals surface area contributed by atoms with E-state index in [4.69, 9.17) is 4.74 Å². The predicted octanol–water partition coefficient (Wildman–Crippen LogP) is 4.50. The number of hydrogen-bond donors (Lipinski definition) is 1. The van der Waals surface area contributed by atoms with Crippen molar-refractivity contribution < 1.29 is 14.3 Å². The molecule has 31 heavy (non-hydrogen) atoms. The van der Waals surface area contributed by atoms with Gasteiger partial charge in [0.1, 0.15) is 17.0 Å². The van der Waals surface area contributed by atoms with Crippen molar-refractivity contribution in [3.05, 3.63) is 30.0 Å². The van der Waals surface area contributed by atoms with Crippen molar-refractivity contribution in [1.82, 2.24) is 14.8 Å². The van der Waals surface area contributed by atoms with Crippen LogP contribution >= 0.6 is 0 Å². The van der Waals surface area contributed by atoms with Gasteiger partial charge in [0.05, 0.1) is 19.2 Å². The number of carbonyl (C=O) groups excluding carboxylic acids is 2. The quantitative estimate of drug-likeness (QED) is 0.767. The number of rotatable bonds is 5. The molecule has 1 aliphatic heterocycles. The van der Waals surface area contributed by atoms with Gasteiger partial charge < -0.3 is 19.5 Å². The molecule has 1 saturated carbocycles. The number of fused-ring (bicyclic) bond motifs is 3. The number of amides is 2.